The van der Waals surface area contributed by atoms with Crippen LogP contribution in [-0.2, 0) is 11.3 Å². The van der Waals surface area contributed by atoms with Crippen LogP contribution < -0.4 is 5.32 Å². The summed E-state index contributed by atoms with van der Waals surface area (Å²) in [6, 6.07) is 10.7. The highest BCUT2D eigenvalue weighted by Gasteiger charge is 2.34. The van der Waals surface area contributed by atoms with Gasteiger partial charge in [-0.05, 0) is 30.0 Å². The Balaban J connectivity index is 1.47. The molecule has 0 aliphatic carbocycles. The highest BCUT2D eigenvalue weighted by atomic mass is 32.1. The molecule has 0 fully saturated rings. The van der Waals surface area contributed by atoms with Crippen LogP contribution in [0.4, 0.5) is 0 Å². The van der Waals surface area contributed by atoms with Crippen molar-refractivity contribution in [2.75, 3.05) is 6.54 Å². The van der Waals surface area contributed by atoms with Crippen LogP contribution in [0.5, 0.6) is 0 Å². The number of benzene rings is 1. The Hall–Kier alpha value is -2.47. The smallest absolute Gasteiger partial charge is 0.261 e. The van der Waals surface area contributed by atoms with Crippen molar-refractivity contribution in [2.24, 2.45) is 0 Å². The summed E-state index contributed by atoms with van der Waals surface area (Å²) >= 11 is 1.59. The molecule has 0 saturated heterocycles. The summed E-state index contributed by atoms with van der Waals surface area (Å²) in [5.74, 6) is -0.621. The highest BCUT2D eigenvalue weighted by molar-refractivity contribution is 7.09. The predicted molar refractivity (Wildman–Crippen MR) is 87.2 cm³/mol. The normalized spacial score (nSPS) is 13.3. The van der Waals surface area contributed by atoms with Crippen molar-refractivity contribution in [3.63, 3.8) is 0 Å². The first-order valence-corrected chi connectivity index (χ1v) is 8.29. The lowest BCUT2D eigenvalue weighted by atomic mass is 10.1. The fourth-order valence-electron chi connectivity index (χ4n) is 2.53. The first-order chi connectivity index (χ1) is 11.2. The minimum atomic E-state index is -0.274. The number of imide groups is 1. The summed E-state index contributed by atoms with van der Waals surface area (Å²) in [6.07, 6.45) is 0.751. The predicted octanol–water partition coefficient (Wildman–Crippen LogP) is 2.44. The maximum Gasteiger partial charge on any atom is 0.261 e. The van der Waals surface area contributed by atoms with Gasteiger partial charge in [-0.25, -0.2) is 0 Å². The molecule has 0 saturated carbocycles. The SMILES string of the molecule is O=C(CCCN1C(=O)c2ccccc2C1=O)NCc1cccs1. The Morgan fingerprint density at radius 2 is 1.74 bits per heavy atom. The number of carbonyl (C=O) groups is 3. The molecular weight excluding hydrogens is 312 g/mol. The Kier molecular flexibility index (Phi) is 4.52. The maximum absolute atomic E-state index is 12.2. The summed E-state index contributed by atoms with van der Waals surface area (Å²) in [7, 11) is 0. The molecule has 6 heteroatoms. The molecule has 1 aliphatic rings. The lowest BCUT2D eigenvalue weighted by Gasteiger charge is -2.13. The van der Waals surface area contributed by atoms with Crippen LogP contribution in [-0.4, -0.2) is 29.2 Å². The zero-order valence-electron chi connectivity index (χ0n) is 12.5. The number of hydrogen-bond acceptors (Lipinski definition) is 4. The fourth-order valence-corrected chi connectivity index (χ4v) is 3.17. The summed E-state index contributed by atoms with van der Waals surface area (Å²) in [6.45, 7) is 0.780. The van der Waals surface area contributed by atoms with Gasteiger partial charge >= 0.3 is 0 Å². The first-order valence-electron chi connectivity index (χ1n) is 7.41. The topological polar surface area (TPSA) is 66.5 Å². The van der Waals surface area contributed by atoms with Crippen LogP contribution in [0, 0.1) is 0 Å². The second kappa shape index (κ2) is 6.75. The number of rotatable bonds is 6. The van der Waals surface area contributed by atoms with Gasteiger partial charge in [-0.1, -0.05) is 18.2 Å². The number of amides is 3. The molecule has 1 N–H and O–H groups in total. The second-order valence-electron chi connectivity index (χ2n) is 5.27. The van der Waals surface area contributed by atoms with Gasteiger partial charge in [0, 0.05) is 17.8 Å². The van der Waals surface area contributed by atoms with Gasteiger partial charge in [0.1, 0.15) is 0 Å². The minimum Gasteiger partial charge on any atom is -0.351 e. The number of thiophene rings is 1. The molecule has 5 nitrogen and oxygen atoms in total. The largest absolute Gasteiger partial charge is 0.351 e. The van der Waals surface area contributed by atoms with Crippen LogP contribution in [0.1, 0.15) is 38.4 Å². The summed E-state index contributed by atoms with van der Waals surface area (Å²) in [4.78, 5) is 38.5. The number of nitrogens with zero attached hydrogens (tertiary/aromatic N) is 1. The van der Waals surface area contributed by atoms with Crippen molar-refractivity contribution < 1.29 is 14.4 Å². The van der Waals surface area contributed by atoms with E-state index in [1.165, 1.54) is 4.90 Å². The van der Waals surface area contributed by atoms with Crippen molar-refractivity contribution in [1.29, 1.82) is 0 Å². The molecule has 0 atom stereocenters. The number of carbonyl (C=O) groups excluding carboxylic acids is 3. The molecular formula is C17H16N2O3S. The molecule has 2 heterocycles. The van der Waals surface area contributed by atoms with E-state index < -0.39 is 0 Å². The molecule has 23 heavy (non-hydrogen) atoms. The first kappa shape index (κ1) is 15.4. The highest BCUT2D eigenvalue weighted by Crippen LogP contribution is 2.22. The average Bonchev–Trinajstić information content (AvgIpc) is 3.16. The molecule has 0 bridgehead atoms. The van der Waals surface area contributed by atoms with Gasteiger partial charge in [0.05, 0.1) is 17.7 Å². The lowest BCUT2D eigenvalue weighted by Crippen LogP contribution is -2.31. The Morgan fingerprint density at radius 1 is 1.04 bits per heavy atom. The van der Waals surface area contributed by atoms with Crippen molar-refractivity contribution in [2.45, 2.75) is 19.4 Å². The monoisotopic (exact) mass is 328 g/mol. The van der Waals surface area contributed by atoms with Crippen LogP contribution in [0.15, 0.2) is 41.8 Å². The van der Waals surface area contributed by atoms with Crippen molar-refractivity contribution >= 4 is 29.1 Å². The zero-order valence-corrected chi connectivity index (χ0v) is 13.3. The Bertz CT molecular complexity index is 705. The van der Waals surface area contributed by atoms with E-state index in [1.807, 2.05) is 17.5 Å². The molecule has 0 unspecified atom stereocenters. The number of fused-ring (bicyclic) bond motifs is 1. The van der Waals surface area contributed by atoms with Gasteiger partial charge in [0.25, 0.3) is 11.8 Å². The molecule has 1 aromatic heterocycles. The number of nitrogens with one attached hydrogen (secondary N) is 1. The molecule has 3 rings (SSSR count). The van der Waals surface area contributed by atoms with E-state index in [0.29, 0.717) is 30.5 Å². The van der Waals surface area contributed by atoms with Crippen molar-refractivity contribution in [1.82, 2.24) is 10.2 Å². The quantitative estimate of drug-likeness (QED) is 0.828. The van der Waals surface area contributed by atoms with Crippen LogP contribution in [0.3, 0.4) is 0 Å². The molecule has 118 valence electrons. The standard InChI is InChI=1S/C17H16N2O3S/c20-15(18-11-12-5-4-10-23-12)8-3-9-19-16(21)13-6-1-2-7-14(13)17(19)22/h1-2,4-7,10H,3,8-9,11H2,(H,18,20). The Labute approximate surface area is 137 Å². The van der Waals surface area contributed by atoms with Crippen molar-refractivity contribution in [3.05, 3.63) is 57.8 Å². The van der Waals surface area contributed by atoms with E-state index in [1.54, 1.807) is 35.6 Å². The zero-order chi connectivity index (χ0) is 16.2. The second-order valence-corrected chi connectivity index (χ2v) is 6.30. The van der Waals surface area contributed by atoms with Gasteiger partial charge in [-0.3, -0.25) is 19.3 Å². The Morgan fingerprint density at radius 3 is 2.35 bits per heavy atom. The fraction of sp³-hybridized carbons (Fsp3) is 0.235. The molecule has 0 radical (unpaired) electrons. The molecule has 0 spiro atoms. The van der Waals surface area contributed by atoms with Crippen molar-refractivity contribution in [3.8, 4) is 0 Å². The third kappa shape index (κ3) is 3.32. The van der Waals surface area contributed by atoms with E-state index in [0.717, 1.165) is 4.88 Å². The van der Waals surface area contributed by atoms with E-state index in [-0.39, 0.29) is 24.3 Å². The molecule has 3 amide bonds. The molecule has 1 aromatic carbocycles. The molecule has 2 aromatic rings. The lowest BCUT2D eigenvalue weighted by molar-refractivity contribution is -0.121. The van der Waals surface area contributed by atoms with Gasteiger partial charge in [-0.2, -0.15) is 0 Å². The van der Waals surface area contributed by atoms with E-state index in [2.05, 4.69) is 5.32 Å². The van der Waals surface area contributed by atoms with Gasteiger partial charge in [-0.15, -0.1) is 11.3 Å². The molecule has 1 aliphatic heterocycles. The summed E-state index contributed by atoms with van der Waals surface area (Å²) in [5, 5.41) is 4.80. The van der Waals surface area contributed by atoms with Crippen LogP contribution in [0.25, 0.3) is 0 Å². The summed E-state index contributed by atoms with van der Waals surface area (Å²) in [5.41, 5.74) is 0.888. The third-order valence-electron chi connectivity index (χ3n) is 3.70. The number of hydrogen-bond donors (Lipinski definition) is 1. The van der Waals surface area contributed by atoms with E-state index in [9.17, 15) is 14.4 Å². The van der Waals surface area contributed by atoms with Gasteiger partial charge < -0.3 is 5.32 Å². The summed E-state index contributed by atoms with van der Waals surface area (Å²) < 4.78 is 0. The third-order valence-corrected chi connectivity index (χ3v) is 4.58. The van der Waals surface area contributed by atoms with E-state index in [4.69, 9.17) is 0 Å². The van der Waals surface area contributed by atoms with Crippen LogP contribution >= 0.6 is 11.3 Å². The minimum absolute atomic E-state index is 0.0741. The maximum atomic E-state index is 12.2. The van der Waals surface area contributed by atoms with Crippen LogP contribution in [0.2, 0.25) is 0 Å². The van der Waals surface area contributed by atoms with Gasteiger partial charge in [0.2, 0.25) is 5.91 Å². The van der Waals surface area contributed by atoms with Gasteiger partial charge in [0.15, 0.2) is 0 Å². The van der Waals surface area contributed by atoms with E-state index >= 15 is 0 Å². The average molecular weight is 328 g/mol.